The lowest BCUT2D eigenvalue weighted by Gasteiger charge is -2.40. The van der Waals surface area contributed by atoms with Crippen molar-refractivity contribution in [3.05, 3.63) is 52.8 Å². The van der Waals surface area contributed by atoms with Gasteiger partial charge in [-0.15, -0.1) is 0 Å². The predicted octanol–water partition coefficient (Wildman–Crippen LogP) is 0.644. The summed E-state index contributed by atoms with van der Waals surface area (Å²) >= 11 is 0. The fraction of sp³-hybridized carbons (Fsp3) is 0.455. The first-order chi connectivity index (χ1) is 14.6. The minimum absolute atomic E-state index is 0.162. The molecule has 0 spiro atoms. The summed E-state index contributed by atoms with van der Waals surface area (Å²) < 4.78 is 1.45. The third-order valence-electron chi connectivity index (χ3n) is 5.64. The third-order valence-corrected chi connectivity index (χ3v) is 5.64. The van der Waals surface area contributed by atoms with Crippen LogP contribution in [-0.4, -0.2) is 77.1 Å². The van der Waals surface area contributed by atoms with Crippen LogP contribution < -0.4 is 10.6 Å². The first-order valence-corrected chi connectivity index (χ1v) is 10.2. The van der Waals surface area contributed by atoms with Crippen LogP contribution >= 0.6 is 0 Å². The Labute approximate surface area is 182 Å². The first-order valence-electron chi connectivity index (χ1n) is 10.2. The summed E-state index contributed by atoms with van der Waals surface area (Å²) in [6.45, 7) is 5.40. The number of nitrogens with zero attached hydrogens (tertiary/aromatic N) is 4. The fourth-order valence-corrected chi connectivity index (χ4v) is 3.40. The van der Waals surface area contributed by atoms with Crippen LogP contribution in [0.15, 0.2) is 30.3 Å². The van der Waals surface area contributed by atoms with Crippen LogP contribution in [0.5, 0.6) is 0 Å². The standard InChI is InChI=1S/C22H30N6O3/c1-15-6-8-16(9-7-15)13-24-21(31)22(2)14-28-18(20(30)27(22)5)12-17(25-28)19(29)23-10-11-26(3)4/h6-9,12H,10-11,13-14H2,1-5H3,(H,23,29)(H,24,31)/t22-/m0/s1. The number of benzene rings is 1. The Kier molecular flexibility index (Phi) is 6.45. The zero-order valence-electron chi connectivity index (χ0n) is 18.7. The maximum Gasteiger partial charge on any atom is 0.272 e. The minimum Gasteiger partial charge on any atom is -0.350 e. The highest BCUT2D eigenvalue weighted by Crippen LogP contribution is 2.26. The zero-order valence-corrected chi connectivity index (χ0v) is 18.7. The number of fused-ring (bicyclic) bond motifs is 1. The number of aromatic nitrogens is 2. The van der Waals surface area contributed by atoms with Crippen LogP contribution in [0.4, 0.5) is 0 Å². The van der Waals surface area contributed by atoms with Crippen LogP contribution in [0, 0.1) is 6.92 Å². The molecule has 3 amide bonds. The van der Waals surface area contributed by atoms with Gasteiger partial charge >= 0.3 is 0 Å². The lowest BCUT2D eigenvalue weighted by atomic mass is 9.95. The molecule has 31 heavy (non-hydrogen) atoms. The van der Waals surface area contributed by atoms with E-state index in [0.29, 0.717) is 25.3 Å². The van der Waals surface area contributed by atoms with E-state index in [4.69, 9.17) is 0 Å². The second-order valence-corrected chi connectivity index (χ2v) is 8.44. The smallest absolute Gasteiger partial charge is 0.272 e. The Morgan fingerprint density at radius 2 is 1.87 bits per heavy atom. The molecule has 3 rings (SSSR count). The number of rotatable bonds is 7. The van der Waals surface area contributed by atoms with Gasteiger partial charge in [-0.05, 0) is 33.5 Å². The van der Waals surface area contributed by atoms with Crippen LogP contribution in [0.3, 0.4) is 0 Å². The monoisotopic (exact) mass is 426 g/mol. The van der Waals surface area contributed by atoms with E-state index in [1.165, 1.54) is 15.6 Å². The van der Waals surface area contributed by atoms with E-state index in [1.54, 1.807) is 14.0 Å². The fourth-order valence-electron chi connectivity index (χ4n) is 3.40. The lowest BCUT2D eigenvalue weighted by molar-refractivity contribution is -0.132. The molecule has 0 radical (unpaired) electrons. The van der Waals surface area contributed by atoms with E-state index in [1.807, 2.05) is 50.2 Å². The molecule has 0 saturated heterocycles. The van der Waals surface area contributed by atoms with Gasteiger partial charge in [-0.3, -0.25) is 19.1 Å². The summed E-state index contributed by atoms with van der Waals surface area (Å²) in [5.74, 6) is -0.967. The van der Waals surface area contributed by atoms with Crippen molar-refractivity contribution in [1.29, 1.82) is 0 Å². The molecule has 2 heterocycles. The molecule has 0 unspecified atom stereocenters. The summed E-state index contributed by atoms with van der Waals surface area (Å²) in [6, 6.07) is 9.37. The van der Waals surface area contributed by atoms with Crippen molar-refractivity contribution in [1.82, 2.24) is 30.2 Å². The Morgan fingerprint density at radius 1 is 1.19 bits per heavy atom. The Balaban J connectivity index is 1.72. The molecule has 0 aliphatic carbocycles. The van der Waals surface area contributed by atoms with Gasteiger partial charge in [0, 0.05) is 32.7 Å². The minimum atomic E-state index is -1.13. The van der Waals surface area contributed by atoms with E-state index in [0.717, 1.165) is 11.1 Å². The van der Waals surface area contributed by atoms with E-state index in [2.05, 4.69) is 15.7 Å². The van der Waals surface area contributed by atoms with Gasteiger partial charge in [0.1, 0.15) is 11.2 Å². The van der Waals surface area contributed by atoms with Gasteiger partial charge in [-0.25, -0.2) is 0 Å². The van der Waals surface area contributed by atoms with Crippen LogP contribution in [0.1, 0.15) is 39.0 Å². The molecule has 0 fully saturated rings. The van der Waals surface area contributed by atoms with E-state index < -0.39 is 5.54 Å². The van der Waals surface area contributed by atoms with E-state index in [-0.39, 0.29) is 30.0 Å². The molecule has 0 saturated carbocycles. The summed E-state index contributed by atoms with van der Waals surface area (Å²) in [4.78, 5) is 41.8. The summed E-state index contributed by atoms with van der Waals surface area (Å²) in [7, 11) is 5.43. The molecule has 1 atom stereocenters. The number of hydrogen-bond acceptors (Lipinski definition) is 5. The number of carbonyl (C=O) groups excluding carboxylic acids is 3. The number of nitrogens with one attached hydrogen (secondary N) is 2. The van der Waals surface area contributed by atoms with Crippen molar-refractivity contribution < 1.29 is 14.4 Å². The molecular formula is C22H30N6O3. The van der Waals surface area contributed by atoms with Gasteiger partial charge < -0.3 is 20.4 Å². The quantitative estimate of drug-likeness (QED) is 0.677. The summed E-state index contributed by atoms with van der Waals surface area (Å²) in [5, 5.41) is 10.0. The molecule has 1 aliphatic heterocycles. The Hall–Kier alpha value is -3.20. The van der Waals surface area contributed by atoms with Gasteiger partial charge in [0.2, 0.25) is 5.91 Å². The maximum atomic E-state index is 13.0. The van der Waals surface area contributed by atoms with Crippen molar-refractivity contribution in [2.75, 3.05) is 34.2 Å². The topological polar surface area (TPSA) is 99.6 Å². The second-order valence-electron chi connectivity index (χ2n) is 8.44. The molecule has 9 heteroatoms. The SMILES string of the molecule is Cc1ccc(CNC(=O)[C@]2(C)Cn3nc(C(=O)NCCN(C)C)cc3C(=O)N2C)cc1. The van der Waals surface area contributed by atoms with Crippen molar-refractivity contribution in [3.63, 3.8) is 0 Å². The Morgan fingerprint density at radius 3 is 2.52 bits per heavy atom. The van der Waals surface area contributed by atoms with Crippen molar-refractivity contribution in [2.45, 2.75) is 32.5 Å². The molecule has 0 bridgehead atoms. The van der Waals surface area contributed by atoms with Crippen LogP contribution in [0.2, 0.25) is 0 Å². The van der Waals surface area contributed by atoms with Gasteiger partial charge in [-0.2, -0.15) is 5.10 Å². The van der Waals surface area contributed by atoms with Crippen LogP contribution in [-0.2, 0) is 17.9 Å². The molecule has 2 N–H and O–H groups in total. The largest absolute Gasteiger partial charge is 0.350 e. The summed E-state index contributed by atoms with van der Waals surface area (Å²) in [6.07, 6.45) is 0. The zero-order chi connectivity index (χ0) is 22.8. The number of likely N-dealkylation sites (N-methyl/N-ethyl adjacent to an activating group) is 2. The average Bonchev–Trinajstić information content (AvgIpc) is 3.15. The van der Waals surface area contributed by atoms with Gasteiger partial charge in [-0.1, -0.05) is 29.8 Å². The average molecular weight is 427 g/mol. The number of amides is 3. The first kappa shape index (κ1) is 22.5. The lowest BCUT2D eigenvalue weighted by Crippen LogP contribution is -2.62. The third kappa shape index (κ3) is 4.77. The van der Waals surface area contributed by atoms with Crippen LogP contribution in [0.25, 0.3) is 0 Å². The summed E-state index contributed by atoms with van der Waals surface area (Å²) in [5.41, 5.74) is 1.46. The highest BCUT2D eigenvalue weighted by Gasteiger charge is 2.46. The predicted molar refractivity (Wildman–Crippen MR) is 117 cm³/mol. The van der Waals surface area contributed by atoms with Crippen molar-refractivity contribution in [2.24, 2.45) is 0 Å². The van der Waals surface area contributed by atoms with E-state index in [9.17, 15) is 14.4 Å². The number of aryl methyl sites for hydroxylation is 1. The van der Waals surface area contributed by atoms with Gasteiger partial charge in [0.05, 0.1) is 6.54 Å². The maximum absolute atomic E-state index is 13.0. The van der Waals surface area contributed by atoms with Gasteiger partial charge in [0.25, 0.3) is 11.8 Å². The van der Waals surface area contributed by atoms with Crippen molar-refractivity contribution in [3.8, 4) is 0 Å². The normalized spacial score (nSPS) is 18.1. The molecule has 1 aliphatic rings. The van der Waals surface area contributed by atoms with Gasteiger partial charge in [0.15, 0.2) is 5.69 Å². The molecular weight excluding hydrogens is 396 g/mol. The molecule has 2 aromatic rings. The molecule has 1 aromatic heterocycles. The number of carbonyl (C=O) groups is 3. The highest BCUT2D eigenvalue weighted by molar-refractivity contribution is 6.01. The number of hydrogen-bond donors (Lipinski definition) is 2. The van der Waals surface area contributed by atoms with Crippen molar-refractivity contribution >= 4 is 17.7 Å². The Bertz CT molecular complexity index is 982. The second kappa shape index (κ2) is 8.89. The molecule has 9 nitrogen and oxygen atoms in total. The van der Waals surface area contributed by atoms with E-state index >= 15 is 0 Å². The molecule has 1 aromatic carbocycles. The molecule has 166 valence electrons. The highest BCUT2D eigenvalue weighted by atomic mass is 16.2.